The second kappa shape index (κ2) is 5.46. The van der Waals surface area contributed by atoms with Gasteiger partial charge < -0.3 is 9.32 Å². The summed E-state index contributed by atoms with van der Waals surface area (Å²) in [5, 5.41) is 10.9. The molecule has 2 aromatic carbocycles. The summed E-state index contributed by atoms with van der Waals surface area (Å²) in [5.41, 5.74) is 4.26. The Kier molecular flexibility index (Phi) is 3.50. The van der Waals surface area contributed by atoms with Crippen LogP contribution in [0.2, 0.25) is 0 Å². The summed E-state index contributed by atoms with van der Waals surface area (Å²) in [5.74, 6) is 0. The molecule has 0 saturated carbocycles. The molecule has 2 N–H and O–H groups in total. The standard InChI is InChI=1S/C16H16N2O3/c1-2-18(16(19)17-20)10-11-7-8-13-12-5-3-4-6-14(12)21-15(13)9-11/h3-9,20H,2,10H2,1H3,(H,17,19). The lowest BCUT2D eigenvalue weighted by Gasteiger charge is -2.19. The predicted molar refractivity (Wildman–Crippen MR) is 80.1 cm³/mol. The minimum atomic E-state index is -0.512. The van der Waals surface area contributed by atoms with Crippen molar-refractivity contribution in [2.24, 2.45) is 0 Å². The zero-order chi connectivity index (χ0) is 14.8. The summed E-state index contributed by atoms with van der Waals surface area (Å²) in [7, 11) is 0. The van der Waals surface area contributed by atoms with Crippen molar-refractivity contribution in [2.45, 2.75) is 13.5 Å². The van der Waals surface area contributed by atoms with E-state index in [4.69, 9.17) is 9.62 Å². The van der Waals surface area contributed by atoms with Crippen molar-refractivity contribution < 1.29 is 14.4 Å². The number of benzene rings is 2. The molecule has 0 aliphatic carbocycles. The van der Waals surface area contributed by atoms with Crippen LogP contribution in [0.3, 0.4) is 0 Å². The van der Waals surface area contributed by atoms with E-state index in [9.17, 15) is 4.79 Å². The highest BCUT2D eigenvalue weighted by molar-refractivity contribution is 6.04. The van der Waals surface area contributed by atoms with Crippen molar-refractivity contribution in [3.8, 4) is 0 Å². The first-order chi connectivity index (χ1) is 10.2. The van der Waals surface area contributed by atoms with Crippen LogP contribution in [-0.4, -0.2) is 22.7 Å². The molecule has 1 heterocycles. The number of rotatable bonds is 3. The Morgan fingerprint density at radius 3 is 2.71 bits per heavy atom. The van der Waals surface area contributed by atoms with Crippen LogP contribution in [0.4, 0.5) is 4.79 Å². The minimum absolute atomic E-state index is 0.413. The van der Waals surface area contributed by atoms with Gasteiger partial charge in [0.05, 0.1) is 0 Å². The van der Waals surface area contributed by atoms with E-state index in [0.717, 1.165) is 27.5 Å². The van der Waals surface area contributed by atoms with Gasteiger partial charge in [0, 0.05) is 23.9 Å². The van der Waals surface area contributed by atoms with Crippen molar-refractivity contribution in [1.82, 2.24) is 10.4 Å². The van der Waals surface area contributed by atoms with Crippen LogP contribution in [0.5, 0.6) is 0 Å². The van der Waals surface area contributed by atoms with Gasteiger partial charge in [-0.25, -0.2) is 10.3 Å². The molecule has 0 fully saturated rings. The smallest absolute Gasteiger partial charge is 0.341 e. The molecule has 0 bridgehead atoms. The summed E-state index contributed by atoms with van der Waals surface area (Å²) in [6, 6.07) is 13.3. The van der Waals surface area contributed by atoms with Crippen LogP contribution in [0.15, 0.2) is 46.9 Å². The number of para-hydroxylation sites is 1. The largest absolute Gasteiger partial charge is 0.456 e. The molecule has 1 aromatic heterocycles. The number of fused-ring (bicyclic) bond motifs is 3. The Balaban J connectivity index is 1.97. The molecule has 2 amide bonds. The van der Waals surface area contributed by atoms with Crippen LogP contribution >= 0.6 is 0 Å². The van der Waals surface area contributed by atoms with Gasteiger partial charge in [-0.3, -0.25) is 5.21 Å². The van der Waals surface area contributed by atoms with Crippen LogP contribution in [0.25, 0.3) is 21.9 Å². The number of furan rings is 1. The molecule has 5 nitrogen and oxygen atoms in total. The summed E-state index contributed by atoms with van der Waals surface area (Å²) in [6.45, 7) is 2.77. The summed E-state index contributed by atoms with van der Waals surface area (Å²) in [6.07, 6.45) is 0. The van der Waals surface area contributed by atoms with Gasteiger partial charge >= 0.3 is 6.03 Å². The fourth-order valence-electron chi connectivity index (χ4n) is 2.49. The first-order valence-corrected chi connectivity index (χ1v) is 6.82. The van der Waals surface area contributed by atoms with E-state index in [1.54, 1.807) is 5.48 Å². The number of hydrogen-bond donors (Lipinski definition) is 2. The Hall–Kier alpha value is -2.53. The Morgan fingerprint density at radius 1 is 1.19 bits per heavy atom. The summed E-state index contributed by atoms with van der Waals surface area (Å²) >= 11 is 0. The normalized spacial score (nSPS) is 11.0. The highest BCUT2D eigenvalue weighted by Crippen LogP contribution is 2.29. The maximum atomic E-state index is 11.5. The molecule has 3 aromatic rings. The fraction of sp³-hybridized carbons (Fsp3) is 0.188. The predicted octanol–water partition coefficient (Wildman–Crippen LogP) is 3.51. The van der Waals surface area contributed by atoms with Crippen LogP contribution in [0.1, 0.15) is 12.5 Å². The van der Waals surface area contributed by atoms with Crippen LogP contribution in [0, 0.1) is 0 Å². The van der Waals surface area contributed by atoms with Crippen LogP contribution < -0.4 is 5.48 Å². The van der Waals surface area contributed by atoms with Gasteiger partial charge in [-0.1, -0.05) is 30.3 Å². The van der Waals surface area contributed by atoms with E-state index in [2.05, 4.69) is 0 Å². The second-order valence-corrected chi connectivity index (χ2v) is 4.86. The third kappa shape index (κ3) is 2.43. The average molecular weight is 284 g/mol. The van der Waals surface area contributed by atoms with Gasteiger partial charge in [0.1, 0.15) is 11.2 Å². The molecular weight excluding hydrogens is 268 g/mol. The number of carbonyl (C=O) groups excluding carboxylic acids is 1. The van der Waals surface area contributed by atoms with Crippen molar-refractivity contribution in [3.63, 3.8) is 0 Å². The van der Waals surface area contributed by atoms with Gasteiger partial charge in [-0.2, -0.15) is 0 Å². The Bertz CT molecular complexity index is 794. The lowest BCUT2D eigenvalue weighted by Crippen LogP contribution is -2.37. The molecule has 0 aliphatic rings. The monoisotopic (exact) mass is 284 g/mol. The topological polar surface area (TPSA) is 65.7 Å². The molecule has 21 heavy (non-hydrogen) atoms. The minimum Gasteiger partial charge on any atom is -0.456 e. The molecule has 0 radical (unpaired) electrons. The molecular formula is C16H16N2O3. The Labute approximate surface area is 121 Å². The maximum Gasteiger partial charge on any atom is 0.341 e. The fourth-order valence-corrected chi connectivity index (χ4v) is 2.49. The Morgan fingerprint density at radius 2 is 1.95 bits per heavy atom. The molecule has 0 saturated heterocycles. The maximum absolute atomic E-state index is 11.5. The number of hydroxylamine groups is 1. The second-order valence-electron chi connectivity index (χ2n) is 4.86. The molecule has 0 atom stereocenters. The third-order valence-electron chi connectivity index (χ3n) is 3.58. The molecule has 0 aliphatic heterocycles. The molecule has 3 rings (SSSR count). The third-order valence-corrected chi connectivity index (χ3v) is 3.58. The zero-order valence-electron chi connectivity index (χ0n) is 11.7. The quantitative estimate of drug-likeness (QED) is 0.571. The van der Waals surface area contributed by atoms with Gasteiger partial charge in [-0.05, 0) is 24.6 Å². The zero-order valence-corrected chi connectivity index (χ0v) is 11.7. The van der Waals surface area contributed by atoms with Gasteiger partial charge in [0.15, 0.2) is 0 Å². The van der Waals surface area contributed by atoms with Crippen LogP contribution in [-0.2, 0) is 6.54 Å². The van der Waals surface area contributed by atoms with E-state index in [1.807, 2.05) is 49.4 Å². The number of hydrogen-bond acceptors (Lipinski definition) is 3. The van der Waals surface area contributed by atoms with E-state index in [1.165, 1.54) is 4.90 Å². The van der Waals surface area contributed by atoms with Gasteiger partial charge in [0.25, 0.3) is 0 Å². The number of urea groups is 1. The van der Waals surface area contributed by atoms with Gasteiger partial charge in [0.2, 0.25) is 0 Å². The van der Waals surface area contributed by atoms with Crippen molar-refractivity contribution >= 4 is 28.0 Å². The number of carbonyl (C=O) groups is 1. The number of amides is 2. The molecule has 5 heteroatoms. The van der Waals surface area contributed by atoms with Crippen molar-refractivity contribution in [1.29, 1.82) is 0 Å². The number of nitrogens with zero attached hydrogens (tertiary/aromatic N) is 1. The van der Waals surface area contributed by atoms with E-state index in [0.29, 0.717) is 13.1 Å². The molecule has 108 valence electrons. The first kappa shape index (κ1) is 13.5. The van der Waals surface area contributed by atoms with E-state index < -0.39 is 6.03 Å². The van der Waals surface area contributed by atoms with Gasteiger partial charge in [-0.15, -0.1) is 0 Å². The SMILES string of the molecule is CCN(Cc1ccc2c(c1)oc1ccccc12)C(=O)NO. The highest BCUT2D eigenvalue weighted by Gasteiger charge is 2.12. The van der Waals surface area contributed by atoms with Crippen molar-refractivity contribution in [3.05, 3.63) is 48.0 Å². The lowest BCUT2D eigenvalue weighted by molar-refractivity contribution is 0.129. The van der Waals surface area contributed by atoms with E-state index >= 15 is 0 Å². The average Bonchev–Trinajstić information content (AvgIpc) is 2.89. The van der Waals surface area contributed by atoms with E-state index in [-0.39, 0.29) is 0 Å². The summed E-state index contributed by atoms with van der Waals surface area (Å²) < 4.78 is 5.83. The molecule has 0 unspecified atom stereocenters. The molecule has 0 spiro atoms. The highest BCUT2D eigenvalue weighted by atomic mass is 16.5. The lowest BCUT2D eigenvalue weighted by atomic mass is 10.1. The van der Waals surface area contributed by atoms with Crippen molar-refractivity contribution in [2.75, 3.05) is 6.54 Å². The number of nitrogens with one attached hydrogen (secondary N) is 1. The summed E-state index contributed by atoms with van der Waals surface area (Å²) in [4.78, 5) is 13.0. The first-order valence-electron chi connectivity index (χ1n) is 6.82.